The van der Waals surface area contributed by atoms with Crippen LogP contribution in [0.3, 0.4) is 0 Å². The third-order valence-corrected chi connectivity index (χ3v) is 5.48. The number of rotatable bonds is 8. The SMILES string of the molecule is CCOC(=O)C[C@@H](NC(=O)Nc1c(O)ccn(C)c1=O)c1cccc(Cc2ccccc2C)c1. The third kappa shape index (κ3) is 6.25. The number of hydrogen-bond donors (Lipinski definition) is 3. The summed E-state index contributed by atoms with van der Waals surface area (Å²) in [5.41, 5.74) is 3.31. The van der Waals surface area contributed by atoms with Crippen molar-refractivity contribution < 1.29 is 19.4 Å². The molecule has 0 unspecified atom stereocenters. The second-order valence-electron chi connectivity index (χ2n) is 8.00. The molecule has 0 saturated carbocycles. The predicted molar refractivity (Wildman–Crippen MR) is 130 cm³/mol. The van der Waals surface area contributed by atoms with E-state index in [1.807, 2.05) is 36.4 Å². The van der Waals surface area contributed by atoms with Crippen molar-refractivity contribution in [2.45, 2.75) is 32.7 Å². The maximum Gasteiger partial charge on any atom is 0.319 e. The molecule has 178 valence electrons. The highest BCUT2D eigenvalue weighted by atomic mass is 16.5. The molecule has 0 radical (unpaired) electrons. The van der Waals surface area contributed by atoms with Gasteiger partial charge in [0.1, 0.15) is 5.75 Å². The highest BCUT2D eigenvalue weighted by molar-refractivity contribution is 5.91. The molecule has 0 bridgehead atoms. The van der Waals surface area contributed by atoms with E-state index >= 15 is 0 Å². The first-order chi connectivity index (χ1) is 16.3. The first kappa shape index (κ1) is 24.6. The topological polar surface area (TPSA) is 110 Å². The van der Waals surface area contributed by atoms with Gasteiger partial charge in [-0.05, 0) is 48.6 Å². The van der Waals surface area contributed by atoms with Gasteiger partial charge in [0, 0.05) is 13.2 Å². The van der Waals surface area contributed by atoms with Gasteiger partial charge in [0.2, 0.25) is 0 Å². The fraction of sp³-hybridized carbons (Fsp3) is 0.269. The van der Waals surface area contributed by atoms with Crippen molar-refractivity contribution in [3.05, 3.63) is 93.4 Å². The molecule has 0 aliphatic rings. The summed E-state index contributed by atoms with van der Waals surface area (Å²) in [5, 5.41) is 15.1. The number of hydrogen-bond acceptors (Lipinski definition) is 5. The van der Waals surface area contributed by atoms with Gasteiger partial charge in [0.05, 0.1) is 19.1 Å². The van der Waals surface area contributed by atoms with Crippen molar-refractivity contribution in [1.29, 1.82) is 0 Å². The monoisotopic (exact) mass is 463 g/mol. The summed E-state index contributed by atoms with van der Waals surface area (Å²) in [5.74, 6) is -0.809. The van der Waals surface area contributed by atoms with E-state index in [2.05, 4.69) is 29.7 Å². The molecule has 0 spiro atoms. The van der Waals surface area contributed by atoms with Crippen LogP contribution < -0.4 is 16.2 Å². The minimum Gasteiger partial charge on any atom is -0.505 e. The number of urea groups is 1. The number of pyridine rings is 1. The Labute approximate surface area is 198 Å². The number of carbonyl (C=O) groups excluding carboxylic acids is 2. The van der Waals surface area contributed by atoms with Crippen molar-refractivity contribution in [3.8, 4) is 5.75 Å². The molecule has 0 saturated heterocycles. The van der Waals surface area contributed by atoms with Crippen molar-refractivity contribution >= 4 is 17.7 Å². The van der Waals surface area contributed by atoms with Crippen molar-refractivity contribution in [3.63, 3.8) is 0 Å². The number of nitrogens with zero attached hydrogens (tertiary/aromatic N) is 1. The smallest absolute Gasteiger partial charge is 0.319 e. The fourth-order valence-electron chi connectivity index (χ4n) is 3.63. The highest BCUT2D eigenvalue weighted by Gasteiger charge is 2.21. The Morgan fingerprint density at radius 3 is 2.62 bits per heavy atom. The average Bonchev–Trinajstić information content (AvgIpc) is 2.81. The van der Waals surface area contributed by atoms with Crippen LogP contribution in [0, 0.1) is 6.92 Å². The molecule has 1 aromatic heterocycles. The maximum absolute atomic E-state index is 12.7. The number of benzene rings is 2. The Bertz CT molecular complexity index is 1240. The molecule has 3 rings (SSSR count). The standard InChI is InChI=1S/C26H29N3O5/c1-4-34-23(31)16-21(27-26(33)28-24-22(30)12-13-29(3)25(24)32)20-11-7-9-18(15-20)14-19-10-6-5-8-17(19)2/h5-13,15,21,30H,4,14,16H2,1-3H3,(H2,27,28,33)/t21-/m1/s1. The predicted octanol–water partition coefficient (Wildman–Crippen LogP) is 3.81. The minimum absolute atomic E-state index is 0.0894. The number of aromatic hydroxyl groups is 1. The second-order valence-corrected chi connectivity index (χ2v) is 8.00. The van der Waals surface area contributed by atoms with E-state index in [-0.39, 0.29) is 24.5 Å². The molecule has 34 heavy (non-hydrogen) atoms. The van der Waals surface area contributed by atoms with Crippen LogP contribution in [-0.2, 0) is 23.0 Å². The van der Waals surface area contributed by atoms with Crippen LogP contribution in [0.1, 0.15) is 41.6 Å². The lowest BCUT2D eigenvalue weighted by atomic mass is 9.96. The summed E-state index contributed by atoms with van der Waals surface area (Å²) in [6.45, 7) is 3.99. The van der Waals surface area contributed by atoms with Gasteiger partial charge < -0.3 is 25.0 Å². The Hall–Kier alpha value is -4.07. The molecule has 0 aliphatic heterocycles. The Morgan fingerprint density at radius 1 is 1.12 bits per heavy atom. The zero-order valence-electron chi connectivity index (χ0n) is 19.5. The quantitative estimate of drug-likeness (QED) is 0.440. The van der Waals surface area contributed by atoms with Gasteiger partial charge in [0.15, 0.2) is 5.69 Å². The molecule has 3 aromatic rings. The van der Waals surface area contributed by atoms with Gasteiger partial charge in [-0.25, -0.2) is 4.79 Å². The van der Waals surface area contributed by atoms with E-state index < -0.39 is 23.6 Å². The lowest BCUT2D eigenvalue weighted by molar-refractivity contribution is -0.143. The van der Waals surface area contributed by atoms with Crippen LogP contribution in [0.25, 0.3) is 0 Å². The number of nitrogens with one attached hydrogen (secondary N) is 2. The molecule has 0 fully saturated rings. The summed E-state index contributed by atoms with van der Waals surface area (Å²) in [7, 11) is 1.51. The molecule has 1 heterocycles. The summed E-state index contributed by atoms with van der Waals surface area (Å²) in [6.07, 6.45) is 2.00. The summed E-state index contributed by atoms with van der Waals surface area (Å²) in [6, 6.07) is 15.6. The molecule has 2 aromatic carbocycles. The molecule has 2 amide bonds. The molecular weight excluding hydrogens is 434 g/mol. The van der Waals surface area contributed by atoms with Gasteiger partial charge in [-0.3, -0.25) is 9.59 Å². The molecule has 1 atom stereocenters. The number of amides is 2. The molecular formula is C26H29N3O5. The van der Waals surface area contributed by atoms with Crippen LogP contribution in [0.4, 0.5) is 10.5 Å². The summed E-state index contributed by atoms with van der Waals surface area (Å²) < 4.78 is 6.32. The molecule has 8 heteroatoms. The molecule has 0 aliphatic carbocycles. The maximum atomic E-state index is 12.7. The third-order valence-electron chi connectivity index (χ3n) is 5.48. The highest BCUT2D eigenvalue weighted by Crippen LogP contribution is 2.23. The van der Waals surface area contributed by atoms with Gasteiger partial charge >= 0.3 is 12.0 Å². The molecule has 8 nitrogen and oxygen atoms in total. The Kier molecular flexibility index (Phi) is 8.08. The lowest BCUT2D eigenvalue weighted by Crippen LogP contribution is -2.36. The van der Waals surface area contributed by atoms with E-state index in [9.17, 15) is 19.5 Å². The second kappa shape index (κ2) is 11.2. The number of ether oxygens (including phenoxy) is 1. The normalized spacial score (nSPS) is 11.5. The van der Waals surface area contributed by atoms with Crippen LogP contribution in [-0.4, -0.2) is 28.3 Å². The number of esters is 1. The van der Waals surface area contributed by atoms with E-state index in [1.165, 1.54) is 35.0 Å². The van der Waals surface area contributed by atoms with Crippen LogP contribution >= 0.6 is 0 Å². The Balaban J connectivity index is 1.84. The van der Waals surface area contributed by atoms with Crippen molar-refractivity contribution in [1.82, 2.24) is 9.88 Å². The minimum atomic E-state index is -0.725. The average molecular weight is 464 g/mol. The first-order valence-corrected chi connectivity index (χ1v) is 11.0. The van der Waals surface area contributed by atoms with E-state index in [0.29, 0.717) is 6.42 Å². The number of carbonyl (C=O) groups is 2. The van der Waals surface area contributed by atoms with Crippen LogP contribution in [0.2, 0.25) is 0 Å². The first-order valence-electron chi connectivity index (χ1n) is 11.0. The van der Waals surface area contributed by atoms with Gasteiger partial charge in [-0.1, -0.05) is 48.5 Å². The molecule has 3 N–H and O–H groups in total. The lowest BCUT2D eigenvalue weighted by Gasteiger charge is -2.20. The Morgan fingerprint density at radius 2 is 1.88 bits per heavy atom. The van der Waals surface area contributed by atoms with Crippen molar-refractivity contribution in [2.75, 3.05) is 11.9 Å². The summed E-state index contributed by atoms with van der Waals surface area (Å²) >= 11 is 0. The van der Waals surface area contributed by atoms with Crippen LogP contribution in [0.5, 0.6) is 5.75 Å². The van der Waals surface area contributed by atoms with Gasteiger partial charge in [-0.15, -0.1) is 0 Å². The van der Waals surface area contributed by atoms with E-state index in [4.69, 9.17) is 4.74 Å². The zero-order valence-corrected chi connectivity index (χ0v) is 19.5. The van der Waals surface area contributed by atoms with E-state index in [1.54, 1.807) is 6.92 Å². The largest absolute Gasteiger partial charge is 0.505 e. The van der Waals surface area contributed by atoms with E-state index in [0.717, 1.165) is 11.1 Å². The number of aromatic nitrogens is 1. The van der Waals surface area contributed by atoms with Crippen LogP contribution in [0.15, 0.2) is 65.6 Å². The van der Waals surface area contributed by atoms with Crippen molar-refractivity contribution in [2.24, 2.45) is 7.05 Å². The van der Waals surface area contributed by atoms with Gasteiger partial charge in [0.25, 0.3) is 5.56 Å². The number of anilines is 1. The zero-order chi connectivity index (χ0) is 24.7. The fourth-order valence-corrected chi connectivity index (χ4v) is 3.63. The number of aryl methyl sites for hydroxylation is 2. The summed E-state index contributed by atoms with van der Waals surface area (Å²) in [4.78, 5) is 37.3. The van der Waals surface area contributed by atoms with Gasteiger partial charge in [-0.2, -0.15) is 0 Å².